The Kier molecular flexibility index (Phi) is 4.49. The third kappa shape index (κ3) is 3.05. The zero-order chi connectivity index (χ0) is 10.4. The maximum absolute atomic E-state index is 13.2. The van der Waals surface area contributed by atoms with Crippen molar-refractivity contribution in [1.82, 2.24) is 4.98 Å². The molecule has 0 radical (unpaired) electrons. The predicted molar refractivity (Wildman–Crippen MR) is 52.2 cm³/mol. The van der Waals surface area contributed by atoms with E-state index in [4.69, 9.17) is 10.5 Å². The first-order valence-electron chi connectivity index (χ1n) is 4.68. The van der Waals surface area contributed by atoms with Crippen molar-refractivity contribution in [3.63, 3.8) is 0 Å². The van der Waals surface area contributed by atoms with Crippen molar-refractivity contribution in [2.24, 2.45) is 5.73 Å². The average Bonchev–Trinajstić information content (AvgIpc) is 2.18. The molecule has 1 rings (SSSR count). The van der Waals surface area contributed by atoms with Crippen LogP contribution in [0.3, 0.4) is 0 Å². The highest BCUT2D eigenvalue weighted by molar-refractivity contribution is 5.16. The van der Waals surface area contributed by atoms with E-state index < -0.39 is 6.04 Å². The van der Waals surface area contributed by atoms with E-state index in [-0.39, 0.29) is 5.82 Å². The van der Waals surface area contributed by atoms with Gasteiger partial charge in [0.1, 0.15) is 5.82 Å². The average molecular weight is 198 g/mol. The molecular formula is C10H15FN2O. The van der Waals surface area contributed by atoms with Gasteiger partial charge >= 0.3 is 0 Å². The van der Waals surface area contributed by atoms with Crippen molar-refractivity contribution < 1.29 is 9.13 Å². The summed E-state index contributed by atoms with van der Waals surface area (Å²) in [6.07, 6.45) is 3.62. The fourth-order valence-corrected chi connectivity index (χ4v) is 1.13. The Bertz CT molecular complexity index is 281. The summed E-state index contributed by atoms with van der Waals surface area (Å²) in [4.78, 5) is 3.65. The summed E-state index contributed by atoms with van der Waals surface area (Å²) in [5.74, 6) is -0.375. The molecule has 0 fully saturated rings. The van der Waals surface area contributed by atoms with Gasteiger partial charge in [-0.2, -0.15) is 0 Å². The van der Waals surface area contributed by atoms with Crippen LogP contribution in [-0.2, 0) is 4.74 Å². The maximum Gasteiger partial charge on any atom is 0.146 e. The van der Waals surface area contributed by atoms with Crippen LogP contribution in [0.1, 0.15) is 24.9 Å². The Morgan fingerprint density at radius 1 is 1.64 bits per heavy atom. The number of hydrogen-bond acceptors (Lipinski definition) is 3. The van der Waals surface area contributed by atoms with Crippen LogP contribution in [0.2, 0.25) is 0 Å². The summed E-state index contributed by atoms with van der Waals surface area (Å²) in [6, 6.07) is 1.17. The van der Waals surface area contributed by atoms with E-state index in [9.17, 15) is 4.39 Å². The molecule has 0 saturated carbocycles. The van der Waals surface area contributed by atoms with Crippen LogP contribution in [0, 0.1) is 5.82 Å². The van der Waals surface area contributed by atoms with Crippen LogP contribution in [0.4, 0.5) is 4.39 Å². The lowest BCUT2D eigenvalue weighted by atomic mass is 10.1. The minimum atomic E-state index is -0.412. The van der Waals surface area contributed by atoms with Gasteiger partial charge in [0.2, 0.25) is 0 Å². The molecule has 0 amide bonds. The van der Waals surface area contributed by atoms with Gasteiger partial charge in [-0.15, -0.1) is 0 Å². The summed E-state index contributed by atoms with van der Waals surface area (Å²) in [5, 5.41) is 0. The van der Waals surface area contributed by atoms with Crippen molar-refractivity contribution in [2.45, 2.75) is 19.4 Å². The molecular weight excluding hydrogens is 183 g/mol. The number of aromatic nitrogens is 1. The lowest BCUT2D eigenvalue weighted by molar-refractivity contribution is 0.121. The number of nitrogens with two attached hydrogens (primary N) is 1. The number of nitrogens with zero attached hydrogens (tertiary/aromatic N) is 1. The molecule has 0 aromatic carbocycles. The molecule has 1 atom stereocenters. The minimum Gasteiger partial charge on any atom is -0.379 e. The summed E-state index contributed by atoms with van der Waals surface area (Å²) < 4.78 is 18.4. The molecule has 1 aromatic heterocycles. The molecule has 0 spiro atoms. The Labute approximate surface area is 83.1 Å². The number of rotatable bonds is 5. The molecule has 0 aliphatic rings. The predicted octanol–water partition coefficient (Wildman–Crippen LogP) is 1.65. The Balaban J connectivity index is 2.51. The van der Waals surface area contributed by atoms with E-state index in [1.165, 1.54) is 6.20 Å². The molecule has 2 N–H and O–H groups in total. The minimum absolute atomic E-state index is 0.342. The monoisotopic (exact) mass is 198 g/mol. The Morgan fingerprint density at radius 3 is 3.07 bits per heavy atom. The molecule has 0 aliphatic heterocycles. The van der Waals surface area contributed by atoms with Crippen LogP contribution < -0.4 is 5.73 Å². The van der Waals surface area contributed by atoms with Crippen molar-refractivity contribution in [3.8, 4) is 0 Å². The number of hydrogen-bond donors (Lipinski definition) is 1. The molecule has 1 heterocycles. The van der Waals surface area contributed by atoms with Crippen LogP contribution in [0.5, 0.6) is 0 Å². The molecule has 14 heavy (non-hydrogen) atoms. The second-order valence-electron chi connectivity index (χ2n) is 3.08. The highest BCUT2D eigenvalue weighted by Gasteiger charge is 2.10. The van der Waals surface area contributed by atoms with E-state index in [0.29, 0.717) is 18.8 Å². The van der Waals surface area contributed by atoms with Gasteiger partial charge < -0.3 is 10.5 Å². The van der Waals surface area contributed by atoms with Crippen LogP contribution >= 0.6 is 0 Å². The summed E-state index contributed by atoms with van der Waals surface area (Å²) in [5.41, 5.74) is 6.20. The van der Waals surface area contributed by atoms with Crippen LogP contribution in [0.15, 0.2) is 18.5 Å². The summed E-state index contributed by atoms with van der Waals surface area (Å²) in [7, 11) is 0. The first-order valence-corrected chi connectivity index (χ1v) is 4.68. The number of halogens is 1. The van der Waals surface area contributed by atoms with Gasteiger partial charge in [-0.1, -0.05) is 6.92 Å². The lowest BCUT2D eigenvalue weighted by Gasteiger charge is -2.12. The van der Waals surface area contributed by atoms with E-state index in [0.717, 1.165) is 12.6 Å². The van der Waals surface area contributed by atoms with Crippen molar-refractivity contribution in [1.29, 1.82) is 0 Å². The molecule has 0 bridgehead atoms. The summed E-state index contributed by atoms with van der Waals surface area (Å²) >= 11 is 0. The quantitative estimate of drug-likeness (QED) is 0.732. The van der Waals surface area contributed by atoms with Gasteiger partial charge in [-0.25, -0.2) is 4.39 Å². The smallest absolute Gasteiger partial charge is 0.146 e. The van der Waals surface area contributed by atoms with Crippen LogP contribution in [0.25, 0.3) is 0 Å². The third-order valence-corrected chi connectivity index (χ3v) is 1.85. The molecule has 0 saturated heterocycles. The topological polar surface area (TPSA) is 48.1 Å². The lowest BCUT2D eigenvalue weighted by Crippen LogP contribution is -2.18. The zero-order valence-corrected chi connectivity index (χ0v) is 8.24. The van der Waals surface area contributed by atoms with E-state index in [1.54, 1.807) is 6.07 Å². The number of ether oxygens (including phenoxy) is 1. The van der Waals surface area contributed by atoms with Gasteiger partial charge in [0, 0.05) is 18.4 Å². The van der Waals surface area contributed by atoms with Crippen LogP contribution in [-0.4, -0.2) is 18.2 Å². The fourth-order valence-electron chi connectivity index (χ4n) is 1.13. The highest BCUT2D eigenvalue weighted by atomic mass is 19.1. The standard InChI is InChI=1S/C10H15FN2O/c1-2-5-14-7-10(12)8-3-4-13-6-9(8)11/h3-4,6,10H,2,5,7,12H2,1H3. The molecule has 0 aliphatic carbocycles. The van der Waals surface area contributed by atoms with Crippen molar-refractivity contribution in [3.05, 3.63) is 29.8 Å². The van der Waals surface area contributed by atoms with Gasteiger partial charge in [-0.3, -0.25) is 4.98 Å². The largest absolute Gasteiger partial charge is 0.379 e. The van der Waals surface area contributed by atoms with Crippen molar-refractivity contribution >= 4 is 0 Å². The molecule has 4 heteroatoms. The SMILES string of the molecule is CCCOCC(N)c1ccncc1F. The molecule has 3 nitrogen and oxygen atoms in total. The zero-order valence-electron chi connectivity index (χ0n) is 8.24. The summed E-state index contributed by atoms with van der Waals surface area (Å²) in [6.45, 7) is 3.01. The van der Waals surface area contributed by atoms with Gasteiger partial charge in [0.15, 0.2) is 0 Å². The Morgan fingerprint density at radius 2 is 2.43 bits per heavy atom. The van der Waals surface area contributed by atoms with Gasteiger partial charge in [-0.05, 0) is 12.5 Å². The molecule has 78 valence electrons. The fraction of sp³-hybridized carbons (Fsp3) is 0.500. The maximum atomic E-state index is 13.2. The van der Waals surface area contributed by atoms with Gasteiger partial charge in [0.05, 0.1) is 18.8 Å². The van der Waals surface area contributed by atoms with Gasteiger partial charge in [0.25, 0.3) is 0 Å². The first kappa shape index (κ1) is 11.1. The van der Waals surface area contributed by atoms with Crippen molar-refractivity contribution in [2.75, 3.05) is 13.2 Å². The van der Waals surface area contributed by atoms with E-state index in [2.05, 4.69) is 4.98 Å². The highest BCUT2D eigenvalue weighted by Crippen LogP contribution is 2.13. The first-order chi connectivity index (χ1) is 6.75. The number of pyridine rings is 1. The second kappa shape index (κ2) is 5.67. The van der Waals surface area contributed by atoms with E-state index >= 15 is 0 Å². The Hall–Kier alpha value is -1.00. The molecule has 1 unspecified atom stereocenters. The van der Waals surface area contributed by atoms with E-state index in [1.807, 2.05) is 6.92 Å². The molecule has 1 aromatic rings. The second-order valence-corrected chi connectivity index (χ2v) is 3.08. The third-order valence-electron chi connectivity index (χ3n) is 1.85. The normalized spacial score (nSPS) is 12.8.